The van der Waals surface area contributed by atoms with E-state index in [1.807, 2.05) is 13.8 Å². The van der Waals surface area contributed by atoms with Crippen LogP contribution in [0.25, 0.3) is 21.8 Å². The van der Waals surface area contributed by atoms with Crippen LogP contribution in [0, 0.1) is 5.82 Å². The quantitative estimate of drug-likeness (QED) is 0.457. The molecular weight excluding hydrogens is 463 g/mol. The Hall–Kier alpha value is -2.14. The lowest BCUT2D eigenvalue weighted by Gasteiger charge is -2.17. The Morgan fingerprint density at radius 1 is 1.26 bits per heavy atom. The molecule has 0 unspecified atom stereocenters. The van der Waals surface area contributed by atoms with Crippen LogP contribution in [0.15, 0.2) is 30.5 Å². The predicted molar refractivity (Wildman–Crippen MR) is 121 cm³/mol. The lowest BCUT2D eigenvalue weighted by molar-refractivity contribution is 0.218. The van der Waals surface area contributed by atoms with Gasteiger partial charge in [0.2, 0.25) is 15.3 Å². The second-order valence-corrected chi connectivity index (χ2v) is 10.7. The molecule has 0 aliphatic heterocycles. The molecule has 0 saturated carbocycles. The van der Waals surface area contributed by atoms with Crippen LogP contribution in [0.4, 0.5) is 10.1 Å². The molecule has 0 fully saturated rings. The molecule has 1 aromatic carbocycles. The Morgan fingerprint density at radius 2 is 2.00 bits per heavy atom. The highest BCUT2D eigenvalue weighted by Gasteiger charge is 2.29. The maximum absolute atomic E-state index is 15.4. The second kappa shape index (κ2) is 9.15. The topological polar surface area (TPSA) is 105 Å². The van der Waals surface area contributed by atoms with E-state index in [9.17, 15) is 13.5 Å². The molecule has 3 rings (SSSR count). The van der Waals surface area contributed by atoms with Gasteiger partial charge in [-0.15, -0.1) is 11.3 Å². The van der Waals surface area contributed by atoms with Crippen LogP contribution in [0.5, 0.6) is 0 Å². The number of aliphatic hydroxyl groups excluding tert-OH is 1. The molecule has 0 aliphatic carbocycles. The predicted octanol–water partition coefficient (Wildman–Crippen LogP) is 4.48. The van der Waals surface area contributed by atoms with Gasteiger partial charge in [0.05, 0.1) is 34.3 Å². The highest BCUT2D eigenvalue weighted by molar-refractivity contribution is 7.92. The molecule has 0 spiro atoms. The Balaban J connectivity index is 2.19. The fraction of sp³-hybridized carbons (Fsp3) is 0.350. The van der Waals surface area contributed by atoms with E-state index in [-0.39, 0.29) is 34.6 Å². The average Bonchev–Trinajstić information content (AvgIpc) is 3.15. The summed E-state index contributed by atoms with van der Waals surface area (Å²) in [4.78, 5) is 13.2. The molecule has 0 radical (unpaired) electrons. The number of hydrogen-bond acceptors (Lipinski definition) is 7. The van der Waals surface area contributed by atoms with Crippen LogP contribution < -0.4 is 4.72 Å². The SMILES string of the molecule is CCCS(=O)(=O)Nc1cccc(-c2nc(C(C)(C)CO)sc2-c2ccnc(Cl)n2)c1F. The first-order valence-corrected chi connectivity index (χ1v) is 12.3. The van der Waals surface area contributed by atoms with Crippen molar-refractivity contribution in [1.82, 2.24) is 15.0 Å². The van der Waals surface area contributed by atoms with Crippen molar-refractivity contribution in [2.24, 2.45) is 0 Å². The van der Waals surface area contributed by atoms with E-state index in [1.54, 1.807) is 19.1 Å². The van der Waals surface area contributed by atoms with Gasteiger partial charge < -0.3 is 5.11 Å². The van der Waals surface area contributed by atoms with Gasteiger partial charge in [-0.3, -0.25) is 4.72 Å². The van der Waals surface area contributed by atoms with Crippen molar-refractivity contribution in [1.29, 1.82) is 0 Å². The Morgan fingerprint density at radius 3 is 2.65 bits per heavy atom. The van der Waals surface area contributed by atoms with Crippen molar-refractivity contribution in [3.63, 3.8) is 0 Å². The van der Waals surface area contributed by atoms with Gasteiger partial charge in [0.25, 0.3) is 0 Å². The minimum Gasteiger partial charge on any atom is -0.395 e. The van der Waals surface area contributed by atoms with Crippen molar-refractivity contribution >= 4 is 38.6 Å². The van der Waals surface area contributed by atoms with E-state index < -0.39 is 21.3 Å². The highest BCUT2D eigenvalue weighted by Crippen LogP contribution is 2.41. The normalized spacial score (nSPS) is 12.2. The lowest BCUT2D eigenvalue weighted by Crippen LogP contribution is -2.21. The first-order valence-electron chi connectivity index (χ1n) is 9.48. The molecule has 31 heavy (non-hydrogen) atoms. The average molecular weight is 485 g/mol. The molecule has 3 aromatic rings. The summed E-state index contributed by atoms with van der Waals surface area (Å²) in [6.45, 7) is 5.20. The number of halogens is 2. The van der Waals surface area contributed by atoms with Crippen LogP contribution in [-0.2, 0) is 15.4 Å². The van der Waals surface area contributed by atoms with E-state index in [0.717, 1.165) is 0 Å². The number of nitrogens with one attached hydrogen (secondary N) is 1. The summed E-state index contributed by atoms with van der Waals surface area (Å²) in [5, 5.41) is 10.4. The van der Waals surface area contributed by atoms with E-state index in [0.29, 0.717) is 22.0 Å². The molecular formula is C20H22ClFN4O3S2. The smallest absolute Gasteiger partial charge is 0.232 e. The zero-order chi connectivity index (χ0) is 22.8. The molecule has 2 N–H and O–H groups in total. The molecule has 11 heteroatoms. The number of aromatic nitrogens is 3. The Labute approximate surface area is 189 Å². The summed E-state index contributed by atoms with van der Waals surface area (Å²) in [6, 6.07) is 6.06. The number of thiazole rings is 1. The van der Waals surface area contributed by atoms with Gasteiger partial charge in [0.1, 0.15) is 5.01 Å². The fourth-order valence-corrected chi connectivity index (χ4v) is 5.20. The number of hydrogen-bond donors (Lipinski definition) is 2. The van der Waals surface area contributed by atoms with Crippen molar-refractivity contribution in [3.05, 3.63) is 46.6 Å². The monoisotopic (exact) mass is 484 g/mol. The van der Waals surface area contributed by atoms with Crippen LogP contribution in [0.3, 0.4) is 0 Å². The van der Waals surface area contributed by atoms with Gasteiger partial charge in [0.15, 0.2) is 5.82 Å². The summed E-state index contributed by atoms with van der Waals surface area (Å²) < 4.78 is 42.0. The number of nitrogens with zero attached hydrogens (tertiary/aromatic N) is 3. The fourth-order valence-electron chi connectivity index (χ4n) is 2.78. The van der Waals surface area contributed by atoms with E-state index in [1.165, 1.54) is 29.7 Å². The standard InChI is InChI=1S/C20H22ClFN4O3S2/c1-4-10-31(28,29)26-13-7-5-6-12(15(13)22)16-17(14-8-9-23-19(21)24-14)30-18(25-16)20(2,3)11-27/h5-9,26-27H,4,10-11H2,1-3H3. The van der Waals surface area contributed by atoms with Gasteiger partial charge in [-0.1, -0.05) is 26.8 Å². The maximum atomic E-state index is 15.4. The molecule has 0 aliphatic rings. The maximum Gasteiger partial charge on any atom is 0.232 e. The zero-order valence-electron chi connectivity index (χ0n) is 17.2. The van der Waals surface area contributed by atoms with Gasteiger partial charge in [0, 0.05) is 17.2 Å². The van der Waals surface area contributed by atoms with Gasteiger partial charge in [-0.2, -0.15) is 0 Å². The summed E-state index contributed by atoms with van der Waals surface area (Å²) >= 11 is 7.21. The van der Waals surface area contributed by atoms with Gasteiger partial charge in [-0.05, 0) is 36.2 Å². The largest absolute Gasteiger partial charge is 0.395 e. The van der Waals surface area contributed by atoms with Crippen LogP contribution in [0.1, 0.15) is 32.2 Å². The van der Waals surface area contributed by atoms with Crippen molar-refractivity contribution in [2.45, 2.75) is 32.6 Å². The third-order valence-corrected chi connectivity index (χ3v) is 7.55. The molecule has 2 aromatic heterocycles. The zero-order valence-corrected chi connectivity index (χ0v) is 19.6. The number of benzene rings is 1. The number of sulfonamides is 1. The van der Waals surface area contributed by atoms with E-state index in [4.69, 9.17) is 11.6 Å². The molecule has 0 saturated heterocycles. The molecule has 0 bridgehead atoms. The minimum atomic E-state index is -3.67. The first-order chi connectivity index (χ1) is 14.6. The van der Waals surface area contributed by atoms with Crippen LogP contribution in [-0.4, -0.2) is 40.8 Å². The highest BCUT2D eigenvalue weighted by atomic mass is 35.5. The first kappa shape index (κ1) is 23.5. The third kappa shape index (κ3) is 5.20. The molecule has 0 atom stereocenters. The lowest BCUT2D eigenvalue weighted by atomic mass is 9.96. The van der Waals surface area contributed by atoms with Gasteiger partial charge >= 0.3 is 0 Å². The van der Waals surface area contributed by atoms with Crippen LogP contribution in [0.2, 0.25) is 5.28 Å². The Kier molecular flexibility index (Phi) is 6.95. The third-order valence-electron chi connectivity index (χ3n) is 4.45. The summed E-state index contributed by atoms with van der Waals surface area (Å²) in [5.74, 6) is -0.866. The minimum absolute atomic E-state index is 0.0290. The Bertz CT molecular complexity index is 1200. The van der Waals surface area contributed by atoms with Gasteiger partial charge in [-0.25, -0.2) is 27.8 Å². The van der Waals surface area contributed by atoms with E-state index >= 15 is 4.39 Å². The molecule has 7 nitrogen and oxygen atoms in total. The van der Waals surface area contributed by atoms with Crippen molar-refractivity contribution in [3.8, 4) is 21.8 Å². The number of anilines is 1. The molecule has 166 valence electrons. The van der Waals surface area contributed by atoms with E-state index in [2.05, 4.69) is 19.7 Å². The summed E-state index contributed by atoms with van der Waals surface area (Å²) in [5.41, 5.74) is 0.00567. The number of aliphatic hydroxyl groups is 1. The van der Waals surface area contributed by atoms with Crippen molar-refractivity contribution in [2.75, 3.05) is 17.1 Å². The summed E-state index contributed by atoms with van der Waals surface area (Å²) in [6.07, 6.45) is 1.89. The van der Waals surface area contributed by atoms with Crippen molar-refractivity contribution < 1.29 is 17.9 Å². The number of rotatable bonds is 8. The second-order valence-electron chi connectivity index (χ2n) is 7.54. The van der Waals surface area contributed by atoms with Crippen LogP contribution >= 0.6 is 22.9 Å². The summed E-state index contributed by atoms with van der Waals surface area (Å²) in [7, 11) is -3.67. The molecule has 0 amide bonds. The molecule has 2 heterocycles.